The monoisotopic (exact) mass is 210 g/mol. The topological polar surface area (TPSA) is 57.4 Å². The lowest BCUT2D eigenvalue weighted by atomic mass is 9.92. The Morgan fingerprint density at radius 2 is 2.27 bits per heavy atom. The van der Waals surface area contributed by atoms with E-state index in [0.29, 0.717) is 6.54 Å². The van der Waals surface area contributed by atoms with Gasteiger partial charge in [0.2, 0.25) is 0 Å². The van der Waals surface area contributed by atoms with E-state index >= 15 is 0 Å². The average molecular weight is 210 g/mol. The predicted molar refractivity (Wildman–Crippen MR) is 57.5 cm³/mol. The summed E-state index contributed by atoms with van der Waals surface area (Å²) in [6, 6.07) is 1.93. The SMILES string of the molecule is OC1(CNCc2ccoc2)CCNCC1. The molecule has 1 aliphatic rings. The number of piperidine rings is 1. The van der Waals surface area contributed by atoms with Gasteiger partial charge in [0, 0.05) is 18.7 Å². The van der Waals surface area contributed by atoms with Gasteiger partial charge in [0.1, 0.15) is 0 Å². The molecule has 0 aliphatic carbocycles. The van der Waals surface area contributed by atoms with Gasteiger partial charge in [-0.05, 0) is 32.0 Å². The maximum atomic E-state index is 10.2. The van der Waals surface area contributed by atoms with Crippen molar-refractivity contribution < 1.29 is 9.52 Å². The predicted octanol–water partition coefficient (Wildman–Crippen LogP) is 0.484. The summed E-state index contributed by atoms with van der Waals surface area (Å²) < 4.78 is 4.97. The number of hydrogen-bond acceptors (Lipinski definition) is 4. The summed E-state index contributed by atoms with van der Waals surface area (Å²) in [7, 11) is 0. The Labute approximate surface area is 89.7 Å². The lowest BCUT2D eigenvalue weighted by molar-refractivity contribution is 0.0109. The Balaban J connectivity index is 1.72. The van der Waals surface area contributed by atoms with Crippen molar-refractivity contribution >= 4 is 0 Å². The number of rotatable bonds is 4. The molecule has 84 valence electrons. The van der Waals surface area contributed by atoms with Crippen molar-refractivity contribution in [2.24, 2.45) is 0 Å². The van der Waals surface area contributed by atoms with Crippen LogP contribution in [0.2, 0.25) is 0 Å². The van der Waals surface area contributed by atoms with Crippen LogP contribution in [-0.4, -0.2) is 30.3 Å². The van der Waals surface area contributed by atoms with Gasteiger partial charge in [0.25, 0.3) is 0 Å². The van der Waals surface area contributed by atoms with Crippen LogP contribution in [0.3, 0.4) is 0 Å². The molecule has 4 heteroatoms. The van der Waals surface area contributed by atoms with E-state index in [9.17, 15) is 5.11 Å². The fraction of sp³-hybridized carbons (Fsp3) is 0.636. The number of nitrogens with one attached hydrogen (secondary N) is 2. The van der Waals surface area contributed by atoms with Gasteiger partial charge in [-0.15, -0.1) is 0 Å². The summed E-state index contributed by atoms with van der Waals surface area (Å²) in [6.45, 7) is 3.22. The van der Waals surface area contributed by atoms with Crippen molar-refractivity contribution in [3.05, 3.63) is 24.2 Å². The molecule has 0 radical (unpaired) electrons. The molecule has 0 spiro atoms. The molecular formula is C11H18N2O2. The molecule has 1 aromatic heterocycles. The third kappa shape index (κ3) is 3.06. The number of hydrogen-bond donors (Lipinski definition) is 3. The molecule has 15 heavy (non-hydrogen) atoms. The third-order valence-corrected chi connectivity index (χ3v) is 2.90. The molecule has 0 bridgehead atoms. The van der Waals surface area contributed by atoms with E-state index in [-0.39, 0.29) is 0 Å². The van der Waals surface area contributed by atoms with Gasteiger partial charge in [-0.25, -0.2) is 0 Å². The van der Waals surface area contributed by atoms with Crippen molar-refractivity contribution in [1.29, 1.82) is 0 Å². The molecule has 2 rings (SSSR count). The lowest BCUT2D eigenvalue weighted by Crippen LogP contribution is -2.48. The van der Waals surface area contributed by atoms with E-state index in [1.54, 1.807) is 12.5 Å². The van der Waals surface area contributed by atoms with Crippen LogP contribution in [0.25, 0.3) is 0 Å². The molecule has 3 N–H and O–H groups in total. The Bertz CT molecular complexity index is 279. The van der Waals surface area contributed by atoms with Crippen LogP contribution in [0.4, 0.5) is 0 Å². The average Bonchev–Trinajstić information content (AvgIpc) is 2.71. The van der Waals surface area contributed by atoms with Gasteiger partial charge >= 0.3 is 0 Å². The van der Waals surface area contributed by atoms with Gasteiger partial charge in [-0.1, -0.05) is 0 Å². The highest BCUT2D eigenvalue weighted by Gasteiger charge is 2.28. The van der Waals surface area contributed by atoms with Gasteiger partial charge in [0.05, 0.1) is 18.1 Å². The Morgan fingerprint density at radius 3 is 2.93 bits per heavy atom. The van der Waals surface area contributed by atoms with Crippen LogP contribution >= 0.6 is 0 Å². The van der Waals surface area contributed by atoms with E-state index in [2.05, 4.69) is 10.6 Å². The first-order valence-corrected chi connectivity index (χ1v) is 5.43. The van der Waals surface area contributed by atoms with E-state index in [1.165, 1.54) is 0 Å². The summed E-state index contributed by atoms with van der Waals surface area (Å²) in [5.74, 6) is 0. The quantitative estimate of drug-likeness (QED) is 0.676. The molecule has 4 nitrogen and oxygen atoms in total. The van der Waals surface area contributed by atoms with Crippen LogP contribution in [0, 0.1) is 0 Å². The zero-order valence-electron chi connectivity index (χ0n) is 8.83. The van der Waals surface area contributed by atoms with E-state index < -0.39 is 5.60 Å². The lowest BCUT2D eigenvalue weighted by Gasteiger charge is -2.32. The minimum atomic E-state index is -0.533. The van der Waals surface area contributed by atoms with Crippen LogP contribution in [0.15, 0.2) is 23.0 Å². The molecule has 0 aromatic carbocycles. The molecule has 0 saturated carbocycles. The molecule has 0 amide bonds. The summed E-state index contributed by atoms with van der Waals surface area (Å²) in [4.78, 5) is 0. The van der Waals surface area contributed by atoms with Crippen molar-refractivity contribution in [3.8, 4) is 0 Å². The Hall–Kier alpha value is -0.840. The minimum Gasteiger partial charge on any atom is -0.472 e. The van der Waals surface area contributed by atoms with Crippen molar-refractivity contribution in [2.45, 2.75) is 25.0 Å². The fourth-order valence-corrected chi connectivity index (χ4v) is 1.90. The zero-order chi connectivity index (χ0) is 10.6. The maximum absolute atomic E-state index is 10.2. The largest absolute Gasteiger partial charge is 0.472 e. The summed E-state index contributed by atoms with van der Waals surface area (Å²) >= 11 is 0. The molecular weight excluding hydrogens is 192 g/mol. The van der Waals surface area contributed by atoms with Crippen LogP contribution in [0.1, 0.15) is 18.4 Å². The first-order valence-electron chi connectivity index (χ1n) is 5.43. The van der Waals surface area contributed by atoms with Crippen molar-refractivity contribution in [1.82, 2.24) is 10.6 Å². The molecule has 1 aliphatic heterocycles. The third-order valence-electron chi connectivity index (χ3n) is 2.90. The highest BCUT2D eigenvalue weighted by atomic mass is 16.3. The Morgan fingerprint density at radius 1 is 1.47 bits per heavy atom. The highest BCUT2D eigenvalue weighted by molar-refractivity contribution is 5.04. The van der Waals surface area contributed by atoms with Crippen LogP contribution in [-0.2, 0) is 6.54 Å². The molecule has 1 fully saturated rings. The van der Waals surface area contributed by atoms with Crippen molar-refractivity contribution in [2.75, 3.05) is 19.6 Å². The molecule has 0 unspecified atom stereocenters. The van der Waals surface area contributed by atoms with Crippen LogP contribution in [0.5, 0.6) is 0 Å². The molecule has 2 heterocycles. The van der Waals surface area contributed by atoms with E-state index in [1.807, 2.05) is 6.07 Å². The molecule has 0 atom stereocenters. The molecule has 1 saturated heterocycles. The smallest absolute Gasteiger partial charge is 0.0947 e. The normalized spacial score (nSPS) is 20.3. The summed E-state index contributed by atoms with van der Waals surface area (Å²) in [5.41, 5.74) is 0.585. The molecule has 1 aromatic rings. The summed E-state index contributed by atoms with van der Waals surface area (Å²) in [6.07, 6.45) is 5.03. The second-order valence-corrected chi connectivity index (χ2v) is 4.21. The summed E-state index contributed by atoms with van der Waals surface area (Å²) in [5, 5.41) is 16.7. The second kappa shape index (κ2) is 4.79. The van der Waals surface area contributed by atoms with Gasteiger partial charge in [-0.2, -0.15) is 0 Å². The van der Waals surface area contributed by atoms with E-state index in [4.69, 9.17) is 4.42 Å². The van der Waals surface area contributed by atoms with Gasteiger partial charge in [0.15, 0.2) is 0 Å². The first kappa shape index (κ1) is 10.7. The zero-order valence-corrected chi connectivity index (χ0v) is 8.83. The van der Waals surface area contributed by atoms with Crippen LogP contribution < -0.4 is 10.6 Å². The van der Waals surface area contributed by atoms with E-state index in [0.717, 1.165) is 38.0 Å². The Kier molecular flexibility index (Phi) is 3.41. The fourth-order valence-electron chi connectivity index (χ4n) is 1.90. The van der Waals surface area contributed by atoms with Gasteiger partial charge in [-0.3, -0.25) is 0 Å². The van der Waals surface area contributed by atoms with Crippen molar-refractivity contribution in [3.63, 3.8) is 0 Å². The number of furan rings is 1. The highest BCUT2D eigenvalue weighted by Crippen LogP contribution is 2.16. The van der Waals surface area contributed by atoms with Gasteiger partial charge < -0.3 is 20.2 Å². The second-order valence-electron chi connectivity index (χ2n) is 4.21. The maximum Gasteiger partial charge on any atom is 0.0947 e. The minimum absolute atomic E-state index is 0.533. The first-order chi connectivity index (χ1) is 7.29. The standard InChI is InChI=1S/C11H18N2O2/c14-11(2-4-12-5-3-11)9-13-7-10-1-6-15-8-10/h1,6,8,12-14H,2-5,7,9H2. The number of aliphatic hydroxyl groups is 1.